The van der Waals surface area contributed by atoms with E-state index in [0.29, 0.717) is 0 Å². The van der Waals surface area contributed by atoms with Crippen LogP contribution in [0.5, 0.6) is 0 Å². The van der Waals surface area contributed by atoms with Crippen LogP contribution in [0.3, 0.4) is 0 Å². The smallest absolute Gasteiger partial charge is 0.326 e. The van der Waals surface area contributed by atoms with Crippen LogP contribution < -0.4 is 0 Å². The monoisotopic (exact) mass is 338 g/mol. The summed E-state index contributed by atoms with van der Waals surface area (Å²) in [4.78, 5) is 28.2. The van der Waals surface area contributed by atoms with Crippen molar-refractivity contribution in [3.05, 3.63) is 27.0 Å². The highest BCUT2D eigenvalue weighted by Crippen LogP contribution is 2.32. The number of β-amino-alcohol motifs (C(OH)–C–C–N with tert-alkyl or cyclic N) is 1. The fraction of sp³-hybridized carbons (Fsp3) is 0.364. The van der Waals surface area contributed by atoms with Gasteiger partial charge in [-0.1, -0.05) is 34.8 Å². The summed E-state index contributed by atoms with van der Waals surface area (Å²) >= 11 is 17.4. The second-order valence-electron chi connectivity index (χ2n) is 4.28. The van der Waals surface area contributed by atoms with E-state index in [4.69, 9.17) is 39.9 Å². The predicted molar refractivity (Wildman–Crippen MR) is 72.4 cm³/mol. The second kappa shape index (κ2) is 5.73. The number of halogens is 3. The van der Waals surface area contributed by atoms with Crippen LogP contribution in [0.2, 0.25) is 15.1 Å². The number of aromatic nitrogens is 1. The lowest BCUT2D eigenvalue weighted by molar-refractivity contribution is -0.141. The van der Waals surface area contributed by atoms with Gasteiger partial charge in [-0.05, 0) is 0 Å². The third-order valence-electron chi connectivity index (χ3n) is 2.94. The van der Waals surface area contributed by atoms with Crippen molar-refractivity contribution in [3.8, 4) is 0 Å². The summed E-state index contributed by atoms with van der Waals surface area (Å²) in [7, 11) is 0. The normalized spacial score (nSPS) is 22.1. The first-order valence-corrected chi connectivity index (χ1v) is 6.67. The van der Waals surface area contributed by atoms with E-state index in [-0.39, 0.29) is 33.7 Å². The van der Waals surface area contributed by atoms with Gasteiger partial charge in [0.05, 0.1) is 21.2 Å². The number of aliphatic hydroxyl groups excluding tert-OH is 1. The van der Waals surface area contributed by atoms with Crippen molar-refractivity contribution in [1.82, 2.24) is 9.88 Å². The van der Waals surface area contributed by atoms with E-state index in [1.807, 2.05) is 0 Å². The van der Waals surface area contributed by atoms with Crippen molar-refractivity contribution in [3.63, 3.8) is 0 Å². The zero-order valence-electron chi connectivity index (χ0n) is 9.89. The van der Waals surface area contributed by atoms with Crippen LogP contribution >= 0.6 is 34.8 Å². The molecule has 0 unspecified atom stereocenters. The standard InChI is InChI=1S/C11H9Cl3N2O4/c12-5-2-15-9(8(14)7(5)13)10(18)16-3-4(17)1-6(16)11(19)20/h2,4,6,17H,1,3H2,(H,19,20)/t4-,6-/m0/s1. The first kappa shape index (κ1) is 15.3. The molecule has 2 atom stereocenters. The molecule has 20 heavy (non-hydrogen) atoms. The molecule has 9 heteroatoms. The van der Waals surface area contributed by atoms with Gasteiger partial charge in [0.25, 0.3) is 5.91 Å². The van der Waals surface area contributed by atoms with E-state index in [1.54, 1.807) is 0 Å². The summed E-state index contributed by atoms with van der Waals surface area (Å²) in [6.45, 7) is -0.103. The van der Waals surface area contributed by atoms with Crippen LogP contribution in [0, 0.1) is 0 Å². The number of aliphatic carboxylic acids is 1. The first-order chi connectivity index (χ1) is 9.32. The van der Waals surface area contributed by atoms with Crippen LogP contribution in [0.15, 0.2) is 6.20 Å². The number of carboxylic acids is 1. The Kier molecular flexibility index (Phi) is 4.39. The Labute approximate surface area is 128 Å². The van der Waals surface area contributed by atoms with Gasteiger partial charge in [0.1, 0.15) is 11.7 Å². The van der Waals surface area contributed by atoms with E-state index in [2.05, 4.69) is 4.98 Å². The molecular formula is C11H9Cl3N2O4. The molecule has 1 amide bonds. The lowest BCUT2D eigenvalue weighted by Gasteiger charge is -2.21. The highest BCUT2D eigenvalue weighted by atomic mass is 35.5. The Morgan fingerprint density at radius 1 is 1.30 bits per heavy atom. The Bertz CT molecular complexity index is 581. The number of hydrogen-bond donors (Lipinski definition) is 2. The maximum atomic E-state index is 12.3. The molecule has 0 aromatic carbocycles. The van der Waals surface area contributed by atoms with Gasteiger partial charge in [-0.2, -0.15) is 0 Å². The molecule has 1 saturated heterocycles. The molecular weight excluding hydrogens is 330 g/mol. The summed E-state index contributed by atoms with van der Waals surface area (Å²) in [6, 6.07) is -1.12. The number of nitrogens with zero attached hydrogens (tertiary/aromatic N) is 2. The second-order valence-corrected chi connectivity index (χ2v) is 5.45. The zero-order valence-corrected chi connectivity index (χ0v) is 12.2. The van der Waals surface area contributed by atoms with E-state index >= 15 is 0 Å². The number of pyridine rings is 1. The maximum absolute atomic E-state index is 12.3. The molecule has 0 bridgehead atoms. The van der Waals surface area contributed by atoms with E-state index < -0.39 is 24.0 Å². The molecule has 0 radical (unpaired) electrons. The largest absolute Gasteiger partial charge is 0.480 e. The molecule has 1 aromatic heterocycles. The van der Waals surface area contributed by atoms with Gasteiger partial charge >= 0.3 is 5.97 Å². The number of aliphatic hydroxyl groups is 1. The third-order valence-corrected chi connectivity index (χ3v) is 4.19. The van der Waals surface area contributed by atoms with Gasteiger partial charge in [0.15, 0.2) is 0 Å². The molecule has 6 nitrogen and oxygen atoms in total. The lowest BCUT2D eigenvalue weighted by atomic mass is 10.2. The summed E-state index contributed by atoms with van der Waals surface area (Å²) in [5, 5.41) is 18.5. The summed E-state index contributed by atoms with van der Waals surface area (Å²) in [5.41, 5.74) is -0.193. The number of likely N-dealkylation sites (tertiary alicyclic amines) is 1. The molecule has 0 spiro atoms. The van der Waals surface area contributed by atoms with Crippen molar-refractivity contribution < 1.29 is 19.8 Å². The van der Waals surface area contributed by atoms with E-state index in [1.165, 1.54) is 0 Å². The summed E-state index contributed by atoms with van der Waals surface area (Å²) in [5.74, 6) is -1.91. The number of carboxylic acid groups (broad SMARTS) is 1. The topological polar surface area (TPSA) is 90.7 Å². The Balaban J connectivity index is 2.36. The molecule has 1 fully saturated rings. The third kappa shape index (κ3) is 2.69. The molecule has 1 aliphatic heterocycles. The highest BCUT2D eigenvalue weighted by Gasteiger charge is 2.40. The van der Waals surface area contributed by atoms with E-state index in [9.17, 15) is 14.7 Å². The van der Waals surface area contributed by atoms with Gasteiger partial charge in [0.2, 0.25) is 0 Å². The SMILES string of the molecule is O=C(O)[C@@H]1C[C@H](O)CN1C(=O)c1ncc(Cl)c(Cl)c1Cl. The van der Waals surface area contributed by atoms with Gasteiger partial charge in [-0.3, -0.25) is 4.79 Å². The minimum atomic E-state index is -1.20. The molecule has 2 rings (SSSR count). The molecule has 108 valence electrons. The summed E-state index contributed by atoms with van der Waals surface area (Å²) in [6.07, 6.45) is 0.215. The molecule has 0 aliphatic carbocycles. The van der Waals surface area contributed by atoms with Crippen molar-refractivity contribution in [2.24, 2.45) is 0 Å². The van der Waals surface area contributed by atoms with E-state index in [0.717, 1.165) is 11.1 Å². The number of amides is 1. The van der Waals surface area contributed by atoms with Gasteiger partial charge < -0.3 is 15.1 Å². The van der Waals surface area contributed by atoms with Gasteiger partial charge in [0, 0.05) is 19.2 Å². The first-order valence-electron chi connectivity index (χ1n) is 5.54. The van der Waals surface area contributed by atoms with Crippen LogP contribution in [0.1, 0.15) is 16.9 Å². The minimum Gasteiger partial charge on any atom is -0.480 e. The average molecular weight is 340 g/mol. The molecule has 2 N–H and O–H groups in total. The quantitative estimate of drug-likeness (QED) is 0.856. The Morgan fingerprint density at radius 2 is 1.95 bits per heavy atom. The van der Waals surface area contributed by atoms with Crippen molar-refractivity contribution in [2.75, 3.05) is 6.54 Å². The van der Waals surface area contributed by atoms with Crippen molar-refractivity contribution in [1.29, 1.82) is 0 Å². The number of carbonyl (C=O) groups is 2. The van der Waals surface area contributed by atoms with Crippen LogP contribution in [-0.4, -0.2) is 50.7 Å². The fourth-order valence-electron chi connectivity index (χ4n) is 2.00. The summed E-state index contributed by atoms with van der Waals surface area (Å²) < 4.78 is 0. The van der Waals surface area contributed by atoms with Crippen molar-refractivity contribution >= 4 is 46.7 Å². The fourth-order valence-corrected chi connectivity index (χ4v) is 2.56. The highest BCUT2D eigenvalue weighted by molar-refractivity contribution is 6.48. The van der Waals surface area contributed by atoms with Crippen LogP contribution in [0.4, 0.5) is 0 Å². The Morgan fingerprint density at radius 3 is 2.55 bits per heavy atom. The lowest BCUT2D eigenvalue weighted by Crippen LogP contribution is -2.41. The molecule has 1 aliphatic rings. The molecule has 1 aromatic rings. The molecule has 0 saturated carbocycles. The predicted octanol–water partition coefficient (Wildman–Crippen LogP) is 1.70. The minimum absolute atomic E-state index is 0.0293. The van der Waals surface area contributed by atoms with Crippen LogP contribution in [-0.2, 0) is 4.79 Å². The van der Waals surface area contributed by atoms with Gasteiger partial charge in [-0.15, -0.1) is 0 Å². The van der Waals surface area contributed by atoms with Gasteiger partial charge in [-0.25, -0.2) is 9.78 Å². The maximum Gasteiger partial charge on any atom is 0.326 e. The zero-order chi connectivity index (χ0) is 15.0. The molecule has 2 heterocycles. The number of hydrogen-bond acceptors (Lipinski definition) is 4. The number of carbonyl (C=O) groups excluding carboxylic acids is 1. The van der Waals surface area contributed by atoms with Crippen LogP contribution in [0.25, 0.3) is 0 Å². The van der Waals surface area contributed by atoms with Crippen molar-refractivity contribution in [2.45, 2.75) is 18.6 Å². The Hall–Kier alpha value is -1.08. The number of rotatable bonds is 2. The average Bonchev–Trinajstić information content (AvgIpc) is 2.78.